The number of hydrogen-bond acceptors (Lipinski definition) is 5. The smallest absolute Gasteiger partial charge is 0.332 e. The molecule has 2 aromatic heterocycles. The first kappa shape index (κ1) is 18.4. The topological polar surface area (TPSA) is 100 Å². The van der Waals surface area contributed by atoms with Gasteiger partial charge in [-0.15, -0.1) is 0 Å². The predicted octanol–water partition coefficient (Wildman–Crippen LogP) is 0.950. The van der Waals surface area contributed by atoms with Gasteiger partial charge in [-0.05, 0) is 31.5 Å². The fourth-order valence-corrected chi connectivity index (χ4v) is 2.94. The number of nitrogens with zero attached hydrogens (tertiary/aromatic N) is 4. The molecule has 0 bridgehead atoms. The number of amides is 1. The molecule has 0 aliphatic carbocycles. The lowest BCUT2D eigenvalue weighted by atomic mass is 10.2. The van der Waals surface area contributed by atoms with E-state index in [1.54, 1.807) is 19.1 Å². The third-order valence-corrected chi connectivity index (χ3v) is 4.58. The first-order valence-electron chi connectivity index (χ1n) is 8.34. The van der Waals surface area contributed by atoms with Crippen LogP contribution in [0.25, 0.3) is 11.2 Å². The molecule has 3 aromatic rings. The lowest BCUT2D eigenvalue weighted by Crippen LogP contribution is -2.38. The van der Waals surface area contributed by atoms with Crippen molar-refractivity contribution in [3.05, 3.63) is 50.9 Å². The summed E-state index contributed by atoms with van der Waals surface area (Å²) >= 11 is 0. The number of ether oxygens (including phenoxy) is 1. The molecule has 0 fully saturated rings. The van der Waals surface area contributed by atoms with E-state index in [9.17, 15) is 14.4 Å². The zero-order valence-electron chi connectivity index (χ0n) is 15.8. The molecule has 9 heteroatoms. The highest BCUT2D eigenvalue weighted by Gasteiger charge is 2.22. The van der Waals surface area contributed by atoms with E-state index >= 15 is 0 Å². The molecule has 0 aliphatic rings. The molecular weight excluding hydrogens is 350 g/mol. The second-order valence-electron chi connectivity index (χ2n) is 6.40. The maximum atomic E-state index is 12.8. The van der Waals surface area contributed by atoms with Crippen LogP contribution in [0.2, 0.25) is 0 Å². The molecule has 0 aliphatic heterocycles. The van der Waals surface area contributed by atoms with Crippen LogP contribution >= 0.6 is 0 Å². The van der Waals surface area contributed by atoms with E-state index in [2.05, 4.69) is 10.3 Å². The summed E-state index contributed by atoms with van der Waals surface area (Å²) in [5.74, 6) is 0.198. The minimum absolute atomic E-state index is 0.193. The molecule has 1 aromatic carbocycles. The van der Waals surface area contributed by atoms with Gasteiger partial charge in [-0.3, -0.25) is 18.7 Å². The molecule has 1 amide bonds. The van der Waals surface area contributed by atoms with E-state index < -0.39 is 17.3 Å². The zero-order chi connectivity index (χ0) is 19.9. The molecule has 1 N–H and O–H groups in total. The number of aromatic nitrogens is 4. The van der Waals surface area contributed by atoms with E-state index in [-0.39, 0.29) is 17.1 Å². The minimum Gasteiger partial charge on any atom is -0.495 e. The van der Waals surface area contributed by atoms with Gasteiger partial charge in [0.2, 0.25) is 5.91 Å². The Balaban J connectivity index is 2.03. The van der Waals surface area contributed by atoms with Crippen molar-refractivity contribution in [1.29, 1.82) is 0 Å². The monoisotopic (exact) mass is 371 g/mol. The number of imidazole rings is 1. The number of rotatable bonds is 4. The Kier molecular flexibility index (Phi) is 4.61. The van der Waals surface area contributed by atoms with Gasteiger partial charge in [-0.1, -0.05) is 6.07 Å². The minimum atomic E-state index is -0.731. The Labute approximate surface area is 154 Å². The highest BCUT2D eigenvalue weighted by atomic mass is 16.5. The summed E-state index contributed by atoms with van der Waals surface area (Å²) in [5, 5.41) is 2.83. The van der Waals surface area contributed by atoms with Gasteiger partial charge in [-0.25, -0.2) is 9.78 Å². The molecule has 1 unspecified atom stereocenters. The van der Waals surface area contributed by atoms with E-state index in [0.29, 0.717) is 11.4 Å². The normalized spacial score (nSPS) is 12.2. The van der Waals surface area contributed by atoms with Crippen LogP contribution in [0.3, 0.4) is 0 Å². The molecule has 0 spiro atoms. The number of carbonyl (C=O) groups is 1. The van der Waals surface area contributed by atoms with Crippen molar-refractivity contribution < 1.29 is 9.53 Å². The molecule has 2 heterocycles. The first-order chi connectivity index (χ1) is 12.8. The van der Waals surface area contributed by atoms with Gasteiger partial charge in [0, 0.05) is 14.1 Å². The SMILES string of the molecule is COc1ccc(C)cc1NC(=O)C(C)n1cnc2c1c(=O)n(C)c(=O)n2C. The lowest BCUT2D eigenvalue weighted by Gasteiger charge is -2.16. The Morgan fingerprint density at radius 1 is 1.22 bits per heavy atom. The predicted molar refractivity (Wildman–Crippen MR) is 101 cm³/mol. The van der Waals surface area contributed by atoms with Gasteiger partial charge in [0.1, 0.15) is 11.8 Å². The second kappa shape index (κ2) is 6.75. The van der Waals surface area contributed by atoms with Gasteiger partial charge in [0.25, 0.3) is 5.56 Å². The number of benzene rings is 1. The Bertz CT molecular complexity index is 1150. The number of carbonyl (C=O) groups excluding carboxylic acids is 1. The largest absolute Gasteiger partial charge is 0.495 e. The molecule has 0 saturated carbocycles. The van der Waals surface area contributed by atoms with E-state index in [0.717, 1.165) is 10.1 Å². The highest BCUT2D eigenvalue weighted by Crippen LogP contribution is 2.26. The molecular formula is C18H21N5O4. The van der Waals surface area contributed by atoms with Crippen molar-refractivity contribution >= 4 is 22.8 Å². The van der Waals surface area contributed by atoms with Crippen molar-refractivity contribution in [3.63, 3.8) is 0 Å². The van der Waals surface area contributed by atoms with Crippen molar-refractivity contribution in [3.8, 4) is 5.75 Å². The van der Waals surface area contributed by atoms with Gasteiger partial charge in [0.05, 0.1) is 19.1 Å². The van der Waals surface area contributed by atoms with Crippen molar-refractivity contribution in [2.24, 2.45) is 14.1 Å². The van der Waals surface area contributed by atoms with Gasteiger partial charge in [-0.2, -0.15) is 0 Å². The van der Waals surface area contributed by atoms with E-state index in [1.165, 1.54) is 36.7 Å². The van der Waals surface area contributed by atoms with E-state index in [4.69, 9.17) is 4.74 Å². The third-order valence-electron chi connectivity index (χ3n) is 4.58. The summed E-state index contributed by atoms with van der Waals surface area (Å²) in [7, 11) is 4.45. The third kappa shape index (κ3) is 3.01. The van der Waals surface area contributed by atoms with Crippen molar-refractivity contribution in [2.75, 3.05) is 12.4 Å². The van der Waals surface area contributed by atoms with Gasteiger partial charge in [0.15, 0.2) is 11.2 Å². The van der Waals surface area contributed by atoms with Crippen LogP contribution in [0.1, 0.15) is 18.5 Å². The quantitative estimate of drug-likeness (QED) is 0.736. The summed E-state index contributed by atoms with van der Waals surface area (Å²) in [6, 6.07) is 4.72. The Morgan fingerprint density at radius 3 is 2.59 bits per heavy atom. The lowest BCUT2D eigenvalue weighted by molar-refractivity contribution is -0.118. The zero-order valence-corrected chi connectivity index (χ0v) is 15.8. The number of nitrogens with one attached hydrogen (secondary N) is 1. The summed E-state index contributed by atoms with van der Waals surface area (Å²) < 4.78 is 9.02. The Hall–Kier alpha value is -3.36. The molecule has 1 atom stereocenters. The van der Waals surface area contributed by atoms with Gasteiger partial charge < -0.3 is 14.6 Å². The fourth-order valence-electron chi connectivity index (χ4n) is 2.94. The number of hydrogen-bond donors (Lipinski definition) is 1. The van der Waals surface area contributed by atoms with Crippen LogP contribution in [0, 0.1) is 6.92 Å². The van der Waals surface area contributed by atoms with Gasteiger partial charge >= 0.3 is 5.69 Å². The maximum Gasteiger partial charge on any atom is 0.332 e. The summed E-state index contributed by atoms with van der Waals surface area (Å²) in [6.45, 7) is 3.56. The molecule has 9 nitrogen and oxygen atoms in total. The number of anilines is 1. The van der Waals surface area contributed by atoms with Crippen molar-refractivity contribution in [1.82, 2.24) is 18.7 Å². The summed E-state index contributed by atoms with van der Waals surface area (Å²) in [5.41, 5.74) is 0.960. The van der Waals surface area contributed by atoms with Crippen LogP contribution < -0.4 is 21.3 Å². The van der Waals surface area contributed by atoms with Crippen LogP contribution in [0.4, 0.5) is 5.69 Å². The summed E-state index contributed by atoms with van der Waals surface area (Å²) in [4.78, 5) is 41.5. The highest BCUT2D eigenvalue weighted by molar-refractivity contribution is 5.95. The van der Waals surface area contributed by atoms with Crippen LogP contribution in [-0.2, 0) is 18.9 Å². The fraction of sp³-hybridized carbons (Fsp3) is 0.333. The summed E-state index contributed by atoms with van der Waals surface area (Å²) in [6.07, 6.45) is 1.39. The number of fused-ring (bicyclic) bond motifs is 1. The average Bonchev–Trinajstić information content (AvgIpc) is 3.09. The van der Waals surface area contributed by atoms with Crippen LogP contribution in [0.15, 0.2) is 34.1 Å². The molecule has 27 heavy (non-hydrogen) atoms. The van der Waals surface area contributed by atoms with Crippen molar-refractivity contribution in [2.45, 2.75) is 19.9 Å². The Morgan fingerprint density at radius 2 is 1.93 bits per heavy atom. The van der Waals surface area contributed by atoms with Crippen LogP contribution in [0.5, 0.6) is 5.75 Å². The standard InChI is InChI=1S/C18H21N5O4/c1-10-6-7-13(27-5)12(8-10)20-16(24)11(2)23-9-19-15-14(23)17(25)22(4)18(26)21(15)3/h6-9,11H,1-5H3,(H,20,24). The maximum absolute atomic E-state index is 12.8. The number of aryl methyl sites for hydroxylation is 2. The molecule has 3 rings (SSSR count). The molecule has 0 saturated heterocycles. The molecule has 0 radical (unpaired) electrons. The van der Waals surface area contributed by atoms with Crippen LogP contribution in [-0.4, -0.2) is 31.7 Å². The second-order valence-corrected chi connectivity index (χ2v) is 6.40. The first-order valence-corrected chi connectivity index (χ1v) is 8.34. The average molecular weight is 371 g/mol. The molecule has 142 valence electrons. The number of methoxy groups -OCH3 is 1. The van der Waals surface area contributed by atoms with E-state index in [1.807, 2.05) is 13.0 Å².